The van der Waals surface area contributed by atoms with E-state index >= 15 is 0 Å². The zero-order valence-corrected chi connectivity index (χ0v) is 13.3. The molecular formula is C12H17F7O2Si. The Bertz CT molecular complexity index is 402. The summed E-state index contributed by atoms with van der Waals surface area (Å²) >= 11 is 0. The maximum Gasteiger partial charge on any atom is 0.439 e. The maximum atomic E-state index is 13.5. The SMILES string of the molecule is CC[Si](CC)(CC)C(=O)CC(=O)C(F)(C(F)(F)F)C(F)(F)F. The van der Waals surface area contributed by atoms with Crippen LogP contribution in [-0.2, 0) is 9.59 Å². The average Bonchev–Trinajstić information content (AvgIpc) is 2.37. The molecule has 0 atom stereocenters. The Kier molecular flexibility index (Phi) is 6.39. The second kappa shape index (κ2) is 6.67. The molecule has 0 fully saturated rings. The van der Waals surface area contributed by atoms with Crippen LogP contribution < -0.4 is 0 Å². The van der Waals surface area contributed by atoms with Crippen LogP contribution in [0.25, 0.3) is 0 Å². The Morgan fingerprint density at radius 1 is 0.773 bits per heavy atom. The number of hydrogen-bond donors (Lipinski definition) is 0. The van der Waals surface area contributed by atoms with Crippen LogP contribution in [0.1, 0.15) is 27.2 Å². The largest absolute Gasteiger partial charge is 0.439 e. The van der Waals surface area contributed by atoms with Crippen LogP contribution in [0.2, 0.25) is 18.1 Å². The molecule has 130 valence electrons. The van der Waals surface area contributed by atoms with E-state index in [-0.39, 0.29) is 18.1 Å². The van der Waals surface area contributed by atoms with Gasteiger partial charge in [-0.1, -0.05) is 38.9 Å². The molecule has 0 saturated carbocycles. The van der Waals surface area contributed by atoms with E-state index in [1.165, 1.54) is 0 Å². The molecule has 0 N–H and O–H groups in total. The Morgan fingerprint density at radius 2 is 1.09 bits per heavy atom. The number of hydrogen-bond acceptors (Lipinski definition) is 2. The summed E-state index contributed by atoms with van der Waals surface area (Å²) in [5, 5.41) is -0.972. The summed E-state index contributed by atoms with van der Waals surface area (Å²) in [5.41, 5.74) is -6.01. The molecule has 0 unspecified atom stereocenters. The fourth-order valence-corrected chi connectivity index (χ4v) is 5.49. The lowest BCUT2D eigenvalue weighted by molar-refractivity contribution is -0.324. The summed E-state index contributed by atoms with van der Waals surface area (Å²) in [4.78, 5) is 23.4. The average molecular weight is 354 g/mol. The fourth-order valence-electron chi connectivity index (χ4n) is 2.27. The topological polar surface area (TPSA) is 34.1 Å². The van der Waals surface area contributed by atoms with Gasteiger partial charge in [-0.05, 0) is 0 Å². The molecule has 10 heteroatoms. The monoisotopic (exact) mass is 354 g/mol. The van der Waals surface area contributed by atoms with Gasteiger partial charge in [-0.15, -0.1) is 0 Å². The standard InChI is InChI=1S/C12H17F7O2Si/c1-4-22(5-2,6-3)9(21)7-8(20)10(13,11(14,15)16)12(17,18)19/h4-7H2,1-3H3. The van der Waals surface area contributed by atoms with E-state index in [2.05, 4.69) is 0 Å². The van der Waals surface area contributed by atoms with Crippen molar-refractivity contribution < 1.29 is 40.3 Å². The molecule has 0 rings (SSSR count). The summed E-state index contributed by atoms with van der Waals surface area (Å²) in [6.07, 6.45) is -14.6. The zero-order valence-electron chi connectivity index (χ0n) is 12.3. The van der Waals surface area contributed by atoms with Crippen molar-refractivity contribution in [2.75, 3.05) is 0 Å². The van der Waals surface area contributed by atoms with Crippen LogP contribution in [0.3, 0.4) is 0 Å². The van der Waals surface area contributed by atoms with Gasteiger partial charge in [0.05, 0.1) is 6.42 Å². The van der Waals surface area contributed by atoms with Crippen LogP contribution in [-0.4, -0.2) is 37.3 Å². The van der Waals surface area contributed by atoms with Gasteiger partial charge in [0.15, 0.2) is 5.78 Å². The van der Waals surface area contributed by atoms with E-state index in [1.807, 2.05) is 0 Å². The van der Waals surface area contributed by atoms with Crippen molar-refractivity contribution in [2.24, 2.45) is 0 Å². The van der Waals surface area contributed by atoms with Crippen molar-refractivity contribution in [3.05, 3.63) is 0 Å². The minimum atomic E-state index is -6.46. The normalized spacial score (nSPS) is 14.1. The molecule has 2 nitrogen and oxygen atoms in total. The van der Waals surface area contributed by atoms with E-state index in [0.717, 1.165) is 0 Å². The molecule has 22 heavy (non-hydrogen) atoms. The van der Waals surface area contributed by atoms with Gasteiger partial charge in [-0.25, -0.2) is 4.39 Å². The quantitative estimate of drug-likeness (QED) is 0.386. The molecule has 0 aromatic carbocycles. The molecule has 0 saturated heterocycles. The van der Waals surface area contributed by atoms with Gasteiger partial charge in [-0.2, -0.15) is 26.3 Å². The number of alkyl halides is 7. The number of carbonyl (C=O) groups is 2. The van der Waals surface area contributed by atoms with Crippen LogP contribution in [0.4, 0.5) is 30.7 Å². The van der Waals surface area contributed by atoms with E-state index in [9.17, 15) is 40.3 Å². The molecular weight excluding hydrogens is 337 g/mol. The third-order valence-electron chi connectivity index (χ3n) is 4.11. The van der Waals surface area contributed by atoms with Gasteiger partial charge in [0.25, 0.3) is 0 Å². The number of Topliss-reactive ketones (excluding diaryl/α,β-unsaturated/α-hetero) is 1. The maximum absolute atomic E-state index is 13.5. The number of carbonyl (C=O) groups excluding carboxylic acids is 2. The van der Waals surface area contributed by atoms with Crippen LogP contribution >= 0.6 is 0 Å². The van der Waals surface area contributed by atoms with Crippen LogP contribution in [0.5, 0.6) is 0 Å². The van der Waals surface area contributed by atoms with Crippen molar-refractivity contribution in [1.82, 2.24) is 0 Å². The molecule has 0 heterocycles. The summed E-state index contributed by atoms with van der Waals surface area (Å²) in [6.45, 7) is 4.74. The Labute approximate surface area is 124 Å². The van der Waals surface area contributed by atoms with Gasteiger partial charge >= 0.3 is 18.0 Å². The summed E-state index contributed by atoms with van der Waals surface area (Å²) < 4.78 is 88.1. The van der Waals surface area contributed by atoms with Crippen LogP contribution in [0, 0.1) is 0 Å². The lowest BCUT2D eigenvalue weighted by Crippen LogP contribution is -2.60. The zero-order chi connectivity index (χ0) is 18.0. The third-order valence-corrected chi connectivity index (χ3v) is 9.53. The Morgan fingerprint density at radius 3 is 1.32 bits per heavy atom. The molecule has 0 aliphatic rings. The molecule has 0 radical (unpaired) electrons. The highest BCUT2D eigenvalue weighted by Crippen LogP contribution is 2.47. The molecule has 0 aromatic rings. The van der Waals surface area contributed by atoms with E-state index < -0.39 is 43.7 Å². The molecule has 0 bridgehead atoms. The van der Waals surface area contributed by atoms with Crippen molar-refractivity contribution in [2.45, 2.75) is 63.3 Å². The minimum absolute atomic E-state index is 0.267. The predicted octanol–water partition coefficient (Wildman–Crippen LogP) is 4.40. The van der Waals surface area contributed by atoms with E-state index in [1.54, 1.807) is 20.8 Å². The smallest absolute Gasteiger partial charge is 0.305 e. The number of ketones is 1. The highest BCUT2D eigenvalue weighted by molar-refractivity contribution is 7.06. The highest BCUT2D eigenvalue weighted by atomic mass is 28.3. The van der Waals surface area contributed by atoms with Crippen molar-refractivity contribution in [3.8, 4) is 0 Å². The first-order chi connectivity index (χ1) is 9.73. The van der Waals surface area contributed by atoms with Crippen molar-refractivity contribution in [1.29, 1.82) is 0 Å². The van der Waals surface area contributed by atoms with Crippen LogP contribution in [0.15, 0.2) is 0 Å². The molecule has 0 spiro atoms. The first-order valence-corrected chi connectivity index (χ1v) is 9.24. The lowest BCUT2D eigenvalue weighted by Gasteiger charge is -2.30. The molecule has 0 aromatic heterocycles. The highest BCUT2D eigenvalue weighted by Gasteiger charge is 2.77. The first kappa shape index (κ1) is 21.1. The summed E-state index contributed by atoms with van der Waals surface area (Å²) in [7, 11) is -2.84. The van der Waals surface area contributed by atoms with Gasteiger partial charge in [0, 0.05) is 0 Å². The van der Waals surface area contributed by atoms with Gasteiger partial charge < -0.3 is 4.79 Å². The van der Waals surface area contributed by atoms with Gasteiger partial charge in [-0.3, -0.25) is 4.79 Å². The molecule has 0 amide bonds. The second-order valence-electron chi connectivity index (χ2n) is 5.02. The second-order valence-corrected chi connectivity index (χ2v) is 10.3. The minimum Gasteiger partial charge on any atom is -0.305 e. The number of rotatable bonds is 7. The first-order valence-electron chi connectivity index (χ1n) is 6.62. The summed E-state index contributed by atoms with van der Waals surface area (Å²) in [6, 6.07) is 0.802. The Hall–Kier alpha value is -0.933. The predicted molar refractivity (Wildman–Crippen MR) is 67.8 cm³/mol. The van der Waals surface area contributed by atoms with E-state index in [0.29, 0.717) is 0 Å². The van der Waals surface area contributed by atoms with Crippen molar-refractivity contribution in [3.63, 3.8) is 0 Å². The van der Waals surface area contributed by atoms with Gasteiger partial charge in [0.1, 0.15) is 13.5 Å². The third kappa shape index (κ3) is 3.52. The summed E-state index contributed by atoms with van der Waals surface area (Å²) in [5.74, 6) is -2.79. The van der Waals surface area contributed by atoms with Crippen molar-refractivity contribution >= 4 is 19.3 Å². The fraction of sp³-hybridized carbons (Fsp3) is 0.833. The number of halogens is 7. The molecule has 0 aliphatic heterocycles. The molecule has 0 aliphatic carbocycles. The lowest BCUT2D eigenvalue weighted by atomic mass is 9.97. The van der Waals surface area contributed by atoms with Gasteiger partial charge in [0.2, 0.25) is 0 Å². The Balaban J connectivity index is 5.63. The van der Waals surface area contributed by atoms with E-state index in [4.69, 9.17) is 0 Å².